The molecule has 0 spiro atoms. The van der Waals surface area contributed by atoms with Crippen molar-refractivity contribution in [1.82, 2.24) is 10.3 Å². The number of aliphatic hydroxyl groups excluding tert-OH is 2. The number of rotatable bonds is 2. The molecular weight excluding hydrogens is 460 g/mol. The predicted octanol–water partition coefficient (Wildman–Crippen LogP) is 5.23. The van der Waals surface area contributed by atoms with Gasteiger partial charge >= 0.3 is 0 Å². The van der Waals surface area contributed by atoms with Crippen molar-refractivity contribution in [1.29, 1.82) is 0 Å². The van der Waals surface area contributed by atoms with Crippen molar-refractivity contribution < 1.29 is 19.8 Å². The number of carbonyl (C=O) groups excluding carboxylic acids is 2. The highest BCUT2D eigenvalue weighted by atomic mass is 32.1. The van der Waals surface area contributed by atoms with Gasteiger partial charge < -0.3 is 15.5 Å². The van der Waals surface area contributed by atoms with E-state index >= 15 is 0 Å². The van der Waals surface area contributed by atoms with Crippen LogP contribution in [-0.4, -0.2) is 44.6 Å². The Hall–Kier alpha value is -1.83. The molecule has 0 bridgehead atoms. The van der Waals surface area contributed by atoms with E-state index in [4.69, 9.17) is 0 Å². The van der Waals surface area contributed by atoms with Gasteiger partial charge in [-0.15, -0.1) is 11.3 Å². The number of hydrogen-bond donors (Lipinski definition) is 3. The highest BCUT2D eigenvalue weighted by molar-refractivity contribution is 7.09. The molecule has 7 heteroatoms. The molecule has 1 aromatic heterocycles. The minimum Gasteiger partial charge on any atom is -0.392 e. The van der Waals surface area contributed by atoms with Crippen LogP contribution in [0.4, 0.5) is 0 Å². The highest BCUT2D eigenvalue weighted by Crippen LogP contribution is 2.33. The van der Waals surface area contributed by atoms with Gasteiger partial charge in [0.05, 0.1) is 40.3 Å². The lowest BCUT2D eigenvalue weighted by Gasteiger charge is -2.36. The third kappa shape index (κ3) is 7.58. The van der Waals surface area contributed by atoms with Crippen molar-refractivity contribution in [2.24, 2.45) is 17.3 Å². The summed E-state index contributed by atoms with van der Waals surface area (Å²) in [6, 6.07) is 0. The topological polar surface area (TPSA) is 99.5 Å². The second-order valence-electron chi connectivity index (χ2n) is 11.2. The van der Waals surface area contributed by atoms with Crippen LogP contribution >= 0.6 is 11.3 Å². The zero-order chi connectivity index (χ0) is 26.6. The maximum absolute atomic E-state index is 13.2. The van der Waals surface area contributed by atoms with Gasteiger partial charge in [-0.1, -0.05) is 39.3 Å². The maximum Gasteiger partial charge on any atom is 0.223 e. The fourth-order valence-electron chi connectivity index (χ4n) is 4.68. The molecule has 2 heterocycles. The lowest BCUT2D eigenvalue weighted by molar-refractivity contribution is -0.143. The Balaban J connectivity index is 2.41. The molecule has 3 N–H and O–H groups in total. The monoisotopic (exact) mass is 504 g/mol. The van der Waals surface area contributed by atoms with E-state index in [1.165, 1.54) is 5.57 Å². The van der Waals surface area contributed by atoms with Crippen LogP contribution in [0.25, 0.3) is 6.08 Å². The molecule has 1 aliphatic heterocycles. The Bertz CT molecular complexity index is 964. The number of thiazole rings is 1. The lowest BCUT2D eigenvalue weighted by atomic mass is 9.72. The number of amides is 1. The molecule has 196 valence electrons. The van der Waals surface area contributed by atoms with E-state index in [1.807, 2.05) is 39.2 Å². The van der Waals surface area contributed by atoms with Gasteiger partial charge in [0.1, 0.15) is 5.78 Å². The van der Waals surface area contributed by atoms with Crippen LogP contribution in [0.2, 0.25) is 0 Å². The molecule has 35 heavy (non-hydrogen) atoms. The van der Waals surface area contributed by atoms with Crippen LogP contribution in [-0.2, 0) is 9.59 Å². The molecule has 0 unspecified atom stereocenters. The van der Waals surface area contributed by atoms with Crippen molar-refractivity contribution in [2.45, 2.75) is 105 Å². The van der Waals surface area contributed by atoms with Crippen molar-refractivity contribution >= 4 is 29.1 Å². The third-order valence-corrected chi connectivity index (χ3v) is 8.52. The fraction of sp³-hybridized carbons (Fsp3) is 0.679. The molecular formula is C28H44N2O4S. The van der Waals surface area contributed by atoms with E-state index in [0.29, 0.717) is 6.42 Å². The second-order valence-corrected chi connectivity index (χ2v) is 12.3. The number of nitrogens with one attached hydrogen (secondary N) is 1. The van der Waals surface area contributed by atoms with E-state index < -0.39 is 29.1 Å². The summed E-state index contributed by atoms with van der Waals surface area (Å²) in [5.74, 6) is -1.21. The normalized spacial score (nSPS) is 33.7. The van der Waals surface area contributed by atoms with Gasteiger partial charge in [-0.05, 0) is 70.9 Å². The number of carbonyl (C=O) groups is 2. The highest BCUT2D eigenvalue weighted by Gasteiger charge is 2.42. The summed E-state index contributed by atoms with van der Waals surface area (Å²) in [7, 11) is 0. The number of aromatic nitrogens is 1. The first kappa shape index (κ1) is 29.4. The Morgan fingerprint density at radius 1 is 1.20 bits per heavy atom. The lowest BCUT2D eigenvalue weighted by Crippen LogP contribution is -2.50. The van der Waals surface area contributed by atoms with Gasteiger partial charge in [0.15, 0.2) is 0 Å². The van der Waals surface area contributed by atoms with Gasteiger partial charge in [0.25, 0.3) is 0 Å². The largest absolute Gasteiger partial charge is 0.392 e. The van der Waals surface area contributed by atoms with Crippen LogP contribution in [0, 0.1) is 24.2 Å². The van der Waals surface area contributed by atoms with Crippen LogP contribution in [0.3, 0.4) is 0 Å². The predicted molar refractivity (Wildman–Crippen MR) is 143 cm³/mol. The van der Waals surface area contributed by atoms with Crippen molar-refractivity contribution in [3.63, 3.8) is 0 Å². The zero-order valence-electron chi connectivity index (χ0n) is 22.6. The molecule has 1 aromatic rings. The minimum absolute atomic E-state index is 0.0390. The van der Waals surface area contributed by atoms with Crippen LogP contribution in [0.5, 0.6) is 0 Å². The number of Topliss-reactive ketones (excluding diaryl/α,β-unsaturated/α-hetero) is 1. The summed E-state index contributed by atoms with van der Waals surface area (Å²) in [5.41, 5.74) is 1.22. The number of aryl methyl sites for hydroxylation is 1. The number of ketones is 1. The average Bonchev–Trinajstić information content (AvgIpc) is 3.19. The third-order valence-electron chi connectivity index (χ3n) is 7.73. The SMILES string of the molecule is CC(=Cc1csc(C)n1)[C@]1(C)C/C=C(/C)CCC[C@H](C)[C@H](O)[C@@H](C)C(=O)C(C)(C)[C@@H](O)CC(=O)N1. The van der Waals surface area contributed by atoms with E-state index in [1.54, 1.807) is 32.1 Å². The van der Waals surface area contributed by atoms with Gasteiger partial charge in [0.2, 0.25) is 5.91 Å². The molecule has 1 amide bonds. The number of allylic oxidation sites excluding steroid dienone is 1. The number of hydrogen-bond acceptors (Lipinski definition) is 6. The molecule has 1 aliphatic rings. The molecule has 0 fully saturated rings. The first-order chi connectivity index (χ1) is 16.2. The van der Waals surface area contributed by atoms with E-state index in [2.05, 4.69) is 23.3 Å². The van der Waals surface area contributed by atoms with E-state index in [0.717, 1.165) is 35.5 Å². The van der Waals surface area contributed by atoms with Crippen molar-refractivity contribution in [2.75, 3.05) is 0 Å². The van der Waals surface area contributed by atoms with Gasteiger partial charge in [0, 0.05) is 11.3 Å². The fourth-order valence-corrected chi connectivity index (χ4v) is 5.25. The molecule has 0 radical (unpaired) electrons. The summed E-state index contributed by atoms with van der Waals surface area (Å²) in [5, 5.41) is 27.9. The van der Waals surface area contributed by atoms with Gasteiger partial charge in [-0.2, -0.15) is 0 Å². The first-order valence-corrected chi connectivity index (χ1v) is 13.5. The standard InChI is InChI=1S/C28H44N2O4S/c1-17-10-9-11-18(2)25(33)20(4)26(34)27(6,7)23(31)15-24(32)30-28(8,13-12-17)19(3)14-22-16-35-21(5)29-22/h12,14,16,18,20,23,25,31,33H,9-11,13,15H2,1-8H3,(H,30,32)/b17-12-,19-14?/t18-,20+,23-,25-,28-/m0/s1. The smallest absolute Gasteiger partial charge is 0.223 e. The van der Waals surface area contributed by atoms with Gasteiger partial charge in [-0.25, -0.2) is 4.98 Å². The summed E-state index contributed by atoms with van der Waals surface area (Å²) in [4.78, 5) is 30.9. The van der Waals surface area contributed by atoms with Crippen LogP contribution in [0.15, 0.2) is 22.6 Å². The van der Waals surface area contributed by atoms with Crippen molar-refractivity contribution in [3.05, 3.63) is 33.3 Å². The number of aliphatic hydroxyl groups is 2. The molecule has 6 nitrogen and oxygen atoms in total. The Kier molecular flexibility index (Phi) is 10.0. The summed E-state index contributed by atoms with van der Waals surface area (Å²) < 4.78 is 0. The van der Waals surface area contributed by atoms with Crippen molar-refractivity contribution in [3.8, 4) is 0 Å². The molecule has 2 rings (SSSR count). The van der Waals surface area contributed by atoms with Crippen LogP contribution in [0.1, 0.15) is 91.3 Å². The molecule has 0 aromatic carbocycles. The first-order valence-electron chi connectivity index (χ1n) is 12.7. The summed E-state index contributed by atoms with van der Waals surface area (Å²) in [6.45, 7) is 15.0. The molecule has 5 atom stereocenters. The number of nitrogens with zero attached hydrogens (tertiary/aromatic N) is 1. The molecule has 0 saturated heterocycles. The van der Waals surface area contributed by atoms with E-state index in [9.17, 15) is 19.8 Å². The average molecular weight is 505 g/mol. The zero-order valence-corrected chi connectivity index (χ0v) is 23.5. The molecule has 0 aliphatic carbocycles. The summed E-state index contributed by atoms with van der Waals surface area (Å²) in [6.07, 6.45) is 5.23. The van der Waals surface area contributed by atoms with E-state index in [-0.39, 0.29) is 24.0 Å². The Morgan fingerprint density at radius 3 is 2.46 bits per heavy atom. The van der Waals surface area contributed by atoms with Gasteiger partial charge in [-0.3, -0.25) is 9.59 Å². The Labute approximate surface area is 214 Å². The summed E-state index contributed by atoms with van der Waals surface area (Å²) >= 11 is 1.58. The minimum atomic E-state index is -1.17. The van der Waals surface area contributed by atoms with Crippen LogP contribution < -0.4 is 5.32 Å². The second kappa shape index (κ2) is 11.9. The quantitative estimate of drug-likeness (QED) is 0.479. The Morgan fingerprint density at radius 2 is 1.86 bits per heavy atom. The maximum atomic E-state index is 13.2. The molecule has 0 saturated carbocycles.